The first-order chi connectivity index (χ1) is 9.34. The lowest BCUT2D eigenvalue weighted by Gasteiger charge is -2.32. The van der Waals surface area contributed by atoms with Gasteiger partial charge in [-0.05, 0) is 44.1 Å². The average Bonchev–Trinajstić information content (AvgIpc) is 3.02. The normalized spacial score (nSPS) is 16.5. The Balaban J connectivity index is 1.74. The van der Waals surface area contributed by atoms with Gasteiger partial charge in [-0.3, -0.25) is 0 Å². The number of aromatic nitrogens is 3. The van der Waals surface area contributed by atoms with Crippen LogP contribution in [0.1, 0.15) is 12.8 Å². The van der Waals surface area contributed by atoms with Crippen molar-refractivity contribution in [3.63, 3.8) is 0 Å². The maximum Gasteiger partial charge on any atom is 0.151 e. The number of hydrogen-bond acceptors (Lipinski definition) is 4. The van der Waals surface area contributed by atoms with E-state index >= 15 is 0 Å². The molecule has 0 aliphatic carbocycles. The van der Waals surface area contributed by atoms with Crippen molar-refractivity contribution in [1.82, 2.24) is 20.5 Å². The second kappa shape index (κ2) is 5.40. The minimum atomic E-state index is 0.564. The summed E-state index contributed by atoms with van der Waals surface area (Å²) < 4.78 is 0. The molecule has 5 nitrogen and oxygen atoms in total. The SMILES string of the molecule is CN(c1ccc(-c2cc[nH]c2)nn1)C1CCNCC1. The van der Waals surface area contributed by atoms with Gasteiger partial charge in [0.15, 0.2) is 5.82 Å². The van der Waals surface area contributed by atoms with Gasteiger partial charge in [0.1, 0.15) is 0 Å². The van der Waals surface area contributed by atoms with Gasteiger partial charge in [0, 0.05) is 31.0 Å². The van der Waals surface area contributed by atoms with Crippen LogP contribution in [0.25, 0.3) is 11.3 Å². The van der Waals surface area contributed by atoms with E-state index in [1.54, 1.807) is 0 Å². The summed E-state index contributed by atoms with van der Waals surface area (Å²) in [4.78, 5) is 5.28. The van der Waals surface area contributed by atoms with Crippen LogP contribution < -0.4 is 10.2 Å². The number of anilines is 1. The summed E-state index contributed by atoms with van der Waals surface area (Å²) in [6.07, 6.45) is 6.15. The first-order valence-electron chi connectivity index (χ1n) is 6.75. The van der Waals surface area contributed by atoms with Crippen molar-refractivity contribution in [3.05, 3.63) is 30.6 Å². The third-order valence-electron chi connectivity index (χ3n) is 3.76. The molecular formula is C14H19N5. The van der Waals surface area contributed by atoms with Crippen molar-refractivity contribution in [2.75, 3.05) is 25.0 Å². The monoisotopic (exact) mass is 257 g/mol. The van der Waals surface area contributed by atoms with E-state index < -0.39 is 0 Å². The number of aromatic amines is 1. The molecule has 0 bridgehead atoms. The van der Waals surface area contributed by atoms with Crippen LogP contribution >= 0.6 is 0 Å². The second-order valence-electron chi connectivity index (χ2n) is 4.97. The van der Waals surface area contributed by atoms with Gasteiger partial charge >= 0.3 is 0 Å². The number of nitrogens with zero attached hydrogens (tertiary/aromatic N) is 3. The fourth-order valence-corrected chi connectivity index (χ4v) is 2.53. The molecule has 3 heterocycles. The highest BCUT2D eigenvalue weighted by atomic mass is 15.3. The standard InChI is InChI=1S/C14H19N5/c1-19(12-5-8-15-9-6-12)14-3-2-13(17-18-14)11-4-7-16-10-11/h2-4,7,10,12,15-16H,5-6,8-9H2,1H3. The van der Waals surface area contributed by atoms with E-state index in [0.29, 0.717) is 6.04 Å². The zero-order valence-corrected chi connectivity index (χ0v) is 11.1. The van der Waals surface area contributed by atoms with Crippen LogP contribution in [-0.2, 0) is 0 Å². The minimum Gasteiger partial charge on any atom is -0.367 e. The molecule has 2 aromatic heterocycles. The lowest BCUT2D eigenvalue weighted by Crippen LogP contribution is -2.41. The van der Waals surface area contributed by atoms with Crippen molar-refractivity contribution < 1.29 is 0 Å². The highest BCUT2D eigenvalue weighted by Gasteiger charge is 2.19. The Kier molecular flexibility index (Phi) is 3.46. The molecule has 2 aromatic rings. The quantitative estimate of drug-likeness (QED) is 0.878. The molecule has 2 N–H and O–H groups in total. The fourth-order valence-electron chi connectivity index (χ4n) is 2.53. The molecule has 1 fully saturated rings. The molecule has 0 radical (unpaired) electrons. The molecule has 19 heavy (non-hydrogen) atoms. The molecule has 5 heteroatoms. The Hall–Kier alpha value is -1.88. The van der Waals surface area contributed by atoms with E-state index in [0.717, 1.165) is 43.0 Å². The minimum absolute atomic E-state index is 0.564. The van der Waals surface area contributed by atoms with Gasteiger partial charge in [0.25, 0.3) is 0 Å². The van der Waals surface area contributed by atoms with E-state index in [-0.39, 0.29) is 0 Å². The number of nitrogens with one attached hydrogen (secondary N) is 2. The summed E-state index contributed by atoms with van der Waals surface area (Å²) in [5.74, 6) is 0.950. The number of H-pyrrole nitrogens is 1. The molecule has 0 saturated carbocycles. The van der Waals surface area contributed by atoms with Gasteiger partial charge in [-0.15, -0.1) is 10.2 Å². The maximum absolute atomic E-state index is 4.35. The molecule has 0 spiro atoms. The van der Waals surface area contributed by atoms with Gasteiger partial charge in [-0.1, -0.05) is 0 Å². The highest BCUT2D eigenvalue weighted by Crippen LogP contribution is 2.20. The van der Waals surface area contributed by atoms with Gasteiger partial charge in [-0.25, -0.2) is 0 Å². The van der Waals surface area contributed by atoms with E-state index in [9.17, 15) is 0 Å². The van der Waals surface area contributed by atoms with Crippen LogP contribution in [0.2, 0.25) is 0 Å². The fraction of sp³-hybridized carbons (Fsp3) is 0.429. The number of hydrogen-bond donors (Lipinski definition) is 2. The van der Waals surface area contributed by atoms with Gasteiger partial charge < -0.3 is 15.2 Å². The van der Waals surface area contributed by atoms with Gasteiger partial charge in [0.2, 0.25) is 0 Å². The lowest BCUT2D eigenvalue weighted by molar-refractivity contribution is 0.441. The number of rotatable bonds is 3. The molecule has 1 aliphatic rings. The first kappa shape index (κ1) is 12.2. The summed E-state index contributed by atoms with van der Waals surface area (Å²) in [6, 6.07) is 6.65. The van der Waals surface area contributed by atoms with Gasteiger partial charge in [0.05, 0.1) is 5.69 Å². The Morgan fingerprint density at radius 3 is 2.63 bits per heavy atom. The van der Waals surface area contributed by atoms with Crippen molar-refractivity contribution in [2.24, 2.45) is 0 Å². The Morgan fingerprint density at radius 2 is 2.00 bits per heavy atom. The molecule has 0 amide bonds. The first-order valence-corrected chi connectivity index (χ1v) is 6.75. The molecule has 100 valence electrons. The van der Waals surface area contributed by atoms with Crippen molar-refractivity contribution in [3.8, 4) is 11.3 Å². The van der Waals surface area contributed by atoms with Crippen LogP contribution in [-0.4, -0.2) is 41.4 Å². The summed E-state index contributed by atoms with van der Waals surface area (Å²) in [6.45, 7) is 2.17. The van der Waals surface area contributed by atoms with E-state index in [1.165, 1.54) is 0 Å². The molecule has 0 atom stereocenters. The van der Waals surface area contributed by atoms with Crippen LogP contribution in [0.3, 0.4) is 0 Å². The number of piperidine rings is 1. The zero-order valence-electron chi connectivity index (χ0n) is 11.1. The summed E-state index contributed by atoms with van der Waals surface area (Å²) in [5, 5.41) is 12.0. The largest absolute Gasteiger partial charge is 0.367 e. The predicted molar refractivity (Wildman–Crippen MR) is 76.1 cm³/mol. The summed E-state index contributed by atoms with van der Waals surface area (Å²) in [5.41, 5.74) is 1.98. The molecular weight excluding hydrogens is 238 g/mol. The van der Waals surface area contributed by atoms with Crippen LogP contribution in [0.15, 0.2) is 30.6 Å². The second-order valence-corrected chi connectivity index (χ2v) is 4.97. The van der Waals surface area contributed by atoms with Crippen molar-refractivity contribution >= 4 is 5.82 Å². The van der Waals surface area contributed by atoms with E-state index in [2.05, 4.69) is 38.5 Å². The topological polar surface area (TPSA) is 56.8 Å². The Labute approximate surface area is 113 Å². The molecule has 1 aliphatic heterocycles. The molecule has 3 rings (SSSR count). The highest BCUT2D eigenvalue weighted by molar-refractivity contribution is 5.58. The predicted octanol–water partition coefficient (Wildman–Crippen LogP) is 1.66. The lowest BCUT2D eigenvalue weighted by atomic mass is 10.1. The third-order valence-corrected chi connectivity index (χ3v) is 3.76. The summed E-state index contributed by atoms with van der Waals surface area (Å²) >= 11 is 0. The average molecular weight is 257 g/mol. The molecule has 1 saturated heterocycles. The van der Waals surface area contributed by atoms with Gasteiger partial charge in [-0.2, -0.15) is 0 Å². The smallest absolute Gasteiger partial charge is 0.151 e. The molecule has 0 unspecified atom stereocenters. The van der Waals surface area contributed by atoms with E-state index in [1.807, 2.05) is 24.5 Å². The van der Waals surface area contributed by atoms with Crippen molar-refractivity contribution in [2.45, 2.75) is 18.9 Å². The maximum atomic E-state index is 4.35. The van der Waals surface area contributed by atoms with E-state index in [4.69, 9.17) is 0 Å². The Morgan fingerprint density at radius 1 is 1.16 bits per heavy atom. The zero-order chi connectivity index (χ0) is 13.1. The van der Waals surface area contributed by atoms with Crippen LogP contribution in [0.4, 0.5) is 5.82 Å². The molecule has 0 aromatic carbocycles. The Bertz CT molecular complexity index is 499. The van der Waals surface area contributed by atoms with Crippen molar-refractivity contribution in [1.29, 1.82) is 0 Å². The van der Waals surface area contributed by atoms with Crippen LogP contribution in [0.5, 0.6) is 0 Å². The summed E-state index contributed by atoms with van der Waals surface area (Å²) in [7, 11) is 2.11. The van der Waals surface area contributed by atoms with Crippen LogP contribution in [0, 0.1) is 0 Å². The third kappa shape index (κ3) is 2.61.